The van der Waals surface area contributed by atoms with Crippen molar-refractivity contribution in [3.05, 3.63) is 36.0 Å². The fourth-order valence-corrected chi connectivity index (χ4v) is 3.48. The van der Waals surface area contributed by atoms with Crippen molar-refractivity contribution in [3.63, 3.8) is 0 Å². The van der Waals surface area contributed by atoms with Gasteiger partial charge in [0.25, 0.3) is 5.91 Å². The van der Waals surface area contributed by atoms with Gasteiger partial charge in [-0.25, -0.2) is 14.4 Å². The Morgan fingerprint density at radius 3 is 2.79 bits per heavy atom. The number of benzene rings is 1. The van der Waals surface area contributed by atoms with E-state index < -0.39 is 5.82 Å². The maximum Gasteiger partial charge on any atom is 0.271 e. The Kier molecular flexibility index (Phi) is 6.42. The Labute approximate surface area is 172 Å². The highest BCUT2D eigenvalue weighted by atomic mass is 32.2. The number of ether oxygens (including phenoxy) is 1. The van der Waals surface area contributed by atoms with Gasteiger partial charge in [-0.2, -0.15) is 0 Å². The summed E-state index contributed by atoms with van der Waals surface area (Å²) in [5.41, 5.74) is 2.49. The molecular formula is C19H23FN6O2S. The lowest BCUT2D eigenvalue weighted by Gasteiger charge is -2.14. The smallest absolute Gasteiger partial charge is 0.271 e. The Morgan fingerprint density at radius 1 is 1.34 bits per heavy atom. The van der Waals surface area contributed by atoms with Gasteiger partial charge in [-0.05, 0) is 18.6 Å². The van der Waals surface area contributed by atoms with Gasteiger partial charge in [-0.1, -0.05) is 18.9 Å². The van der Waals surface area contributed by atoms with Crippen LogP contribution in [-0.2, 0) is 0 Å². The number of nitrogens with one attached hydrogen (secondary N) is 3. The largest absolute Gasteiger partial charge is 0.492 e. The molecule has 0 saturated heterocycles. The minimum absolute atomic E-state index is 0.148. The van der Waals surface area contributed by atoms with E-state index in [1.54, 1.807) is 29.9 Å². The molecule has 10 heteroatoms. The van der Waals surface area contributed by atoms with Gasteiger partial charge in [0, 0.05) is 31.6 Å². The third-order valence-electron chi connectivity index (χ3n) is 4.22. The van der Waals surface area contributed by atoms with Crippen molar-refractivity contribution in [2.75, 3.05) is 37.0 Å². The summed E-state index contributed by atoms with van der Waals surface area (Å²) in [7, 11) is 4.67. The number of imidazole rings is 1. The molecule has 0 bridgehead atoms. The number of hydrogen-bond donors (Lipinski definition) is 3. The first-order valence-electron chi connectivity index (χ1n) is 9.07. The average molecular weight is 418 g/mol. The molecule has 0 spiro atoms. The Bertz CT molecular complexity index is 1040. The second kappa shape index (κ2) is 8.99. The molecule has 0 aliphatic carbocycles. The number of anilines is 2. The van der Waals surface area contributed by atoms with Gasteiger partial charge < -0.3 is 20.1 Å². The number of nitrogens with zero attached hydrogens (tertiary/aromatic N) is 3. The third kappa shape index (κ3) is 4.07. The van der Waals surface area contributed by atoms with Gasteiger partial charge in [0.15, 0.2) is 23.0 Å². The summed E-state index contributed by atoms with van der Waals surface area (Å²) >= 11 is 1.48. The maximum absolute atomic E-state index is 14.7. The third-order valence-corrected chi connectivity index (χ3v) is 5.20. The SMILES string of the molecule is CCCSNc1cc(-c2cnc3c(NC)nc(C(=O)NC)cn23)cc(F)c1OC. The van der Waals surface area contributed by atoms with Crippen LogP contribution in [0.25, 0.3) is 16.9 Å². The molecule has 0 aliphatic rings. The van der Waals surface area contributed by atoms with Crippen LogP contribution in [0.3, 0.4) is 0 Å². The molecule has 2 aromatic heterocycles. The van der Waals surface area contributed by atoms with Crippen molar-refractivity contribution >= 4 is 35.0 Å². The summed E-state index contributed by atoms with van der Waals surface area (Å²) in [6.45, 7) is 2.07. The van der Waals surface area contributed by atoms with Crippen LogP contribution in [0.15, 0.2) is 24.5 Å². The molecule has 2 heterocycles. The predicted molar refractivity (Wildman–Crippen MR) is 114 cm³/mol. The van der Waals surface area contributed by atoms with E-state index in [-0.39, 0.29) is 17.4 Å². The van der Waals surface area contributed by atoms with Crippen molar-refractivity contribution in [2.45, 2.75) is 13.3 Å². The van der Waals surface area contributed by atoms with Crippen LogP contribution < -0.4 is 20.1 Å². The summed E-state index contributed by atoms with van der Waals surface area (Å²) in [4.78, 5) is 20.8. The molecule has 0 aliphatic heterocycles. The lowest BCUT2D eigenvalue weighted by atomic mass is 10.1. The molecule has 0 saturated carbocycles. The standard InChI is InChI=1S/C19H23FN6O2S/c1-5-6-29-25-13-8-11(7-12(20)16(13)28-4)15-9-23-18-17(21-2)24-14(10-26(15)18)19(27)22-3/h7-10,25H,5-6H2,1-4H3,(H,21,24)(H,22,27). The molecular weight excluding hydrogens is 395 g/mol. The van der Waals surface area contributed by atoms with E-state index in [0.717, 1.165) is 12.2 Å². The summed E-state index contributed by atoms with van der Waals surface area (Å²) in [6, 6.07) is 3.18. The maximum atomic E-state index is 14.7. The highest BCUT2D eigenvalue weighted by Gasteiger charge is 2.18. The van der Waals surface area contributed by atoms with Gasteiger partial charge >= 0.3 is 0 Å². The molecule has 154 valence electrons. The average Bonchev–Trinajstić information content (AvgIpc) is 3.16. The normalized spacial score (nSPS) is 10.8. The molecule has 3 rings (SSSR count). The molecule has 3 aromatic rings. The second-order valence-electron chi connectivity index (χ2n) is 6.13. The molecule has 1 amide bonds. The highest BCUT2D eigenvalue weighted by Crippen LogP contribution is 2.35. The van der Waals surface area contributed by atoms with Crippen molar-refractivity contribution < 1.29 is 13.9 Å². The predicted octanol–water partition coefficient (Wildman–Crippen LogP) is 3.42. The lowest BCUT2D eigenvalue weighted by molar-refractivity contribution is 0.0958. The Morgan fingerprint density at radius 2 is 2.14 bits per heavy atom. The van der Waals surface area contributed by atoms with E-state index in [1.807, 2.05) is 0 Å². The van der Waals surface area contributed by atoms with Crippen LogP contribution in [0.1, 0.15) is 23.8 Å². The number of aromatic nitrogens is 3. The minimum atomic E-state index is -0.492. The number of carbonyl (C=O) groups excluding carboxylic acids is 1. The van der Waals surface area contributed by atoms with Gasteiger partial charge in [0.1, 0.15) is 5.69 Å². The van der Waals surface area contributed by atoms with Crippen molar-refractivity contribution in [1.29, 1.82) is 0 Å². The topological polar surface area (TPSA) is 92.6 Å². The van der Waals surface area contributed by atoms with Gasteiger partial charge in [-0.3, -0.25) is 9.20 Å². The van der Waals surface area contributed by atoms with E-state index in [1.165, 1.54) is 32.2 Å². The van der Waals surface area contributed by atoms with Gasteiger partial charge in [0.2, 0.25) is 0 Å². The lowest BCUT2D eigenvalue weighted by Crippen LogP contribution is -2.20. The molecule has 29 heavy (non-hydrogen) atoms. The number of hydrogen-bond acceptors (Lipinski definition) is 7. The second-order valence-corrected chi connectivity index (χ2v) is 7.03. The minimum Gasteiger partial charge on any atom is -0.492 e. The first kappa shape index (κ1) is 20.7. The van der Waals surface area contributed by atoms with E-state index in [0.29, 0.717) is 28.4 Å². The number of carbonyl (C=O) groups is 1. The van der Waals surface area contributed by atoms with E-state index in [4.69, 9.17) is 4.74 Å². The molecule has 0 radical (unpaired) electrons. The zero-order valence-electron chi connectivity index (χ0n) is 16.7. The molecule has 8 nitrogen and oxygen atoms in total. The molecule has 0 unspecified atom stereocenters. The number of amides is 1. The fraction of sp³-hybridized carbons (Fsp3) is 0.316. The number of methoxy groups -OCH3 is 1. The van der Waals surface area contributed by atoms with Crippen LogP contribution >= 0.6 is 11.9 Å². The van der Waals surface area contributed by atoms with Crippen LogP contribution in [0, 0.1) is 5.82 Å². The number of rotatable bonds is 8. The summed E-state index contributed by atoms with van der Waals surface area (Å²) in [5.74, 6) is 0.645. The zero-order valence-corrected chi connectivity index (χ0v) is 17.5. The van der Waals surface area contributed by atoms with Gasteiger partial charge in [-0.15, -0.1) is 0 Å². The van der Waals surface area contributed by atoms with E-state index in [9.17, 15) is 9.18 Å². The van der Waals surface area contributed by atoms with Crippen LogP contribution in [0.4, 0.5) is 15.9 Å². The molecule has 1 aromatic carbocycles. The van der Waals surface area contributed by atoms with Crippen LogP contribution in [0.5, 0.6) is 5.75 Å². The Hall–Kier alpha value is -3.01. The fourth-order valence-electron chi connectivity index (χ4n) is 2.86. The first-order chi connectivity index (χ1) is 14.0. The molecule has 3 N–H and O–H groups in total. The summed E-state index contributed by atoms with van der Waals surface area (Å²) in [6.07, 6.45) is 4.19. The first-order valence-corrected chi connectivity index (χ1v) is 10.1. The molecule has 0 fully saturated rings. The van der Waals surface area contributed by atoms with Crippen LogP contribution in [-0.4, -0.2) is 47.2 Å². The molecule has 0 atom stereocenters. The highest BCUT2D eigenvalue weighted by molar-refractivity contribution is 8.00. The van der Waals surface area contributed by atoms with Gasteiger partial charge in [0.05, 0.1) is 24.7 Å². The van der Waals surface area contributed by atoms with Crippen LogP contribution in [0.2, 0.25) is 0 Å². The quantitative estimate of drug-likeness (QED) is 0.381. The Balaban J connectivity index is 2.16. The number of fused-ring (bicyclic) bond motifs is 1. The number of halogens is 1. The van der Waals surface area contributed by atoms with E-state index >= 15 is 0 Å². The van der Waals surface area contributed by atoms with Crippen molar-refractivity contribution in [2.24, 2.45) is 0 Å². The monoisotopic (exact) mass is 418 g/mol. The van der Waals surface area contributed by atoms with E-state index in [2.05, 4.69) is 32.2 Å². The van der Waals surface area contributed by atoms with Crippen molar-refractivity contribution in [1.82, 2.24) is 19.7 Å². The zero-order chi connectivity index (χ0) is 21.0. The van der Waals surface area contributed by atoms with Crippen molar-refractivity contribution in [3.8, 4) is 17.0 Å². The summed E-state index contributed by atoms with van der Waals surface area (Å²) in [5, 5.41) is 5.50. The summed E-state index contributed by atoms with van der Waals surface area (Å²) < 4.78 is 24.8.